The molecule has 2 aromatic rings. The van der Waals surface area contributed by atoms with Crippen LogP contribution in [0, 0.1) is 5.82 Å². The summed E-state index contributed by atoms with van der Waals surface area (Å²) in [5.41, 5.74) is -0.711. The Morgan fingerprint density at radius 1 is 1.05 bits per heavy atom. The number of benzene rings is 2. The van der Waals surface area contributed by atoms with Gasteiger partial charge in [0.2, 0.25) is 0 Å². The molecule has 0 heterocycles. The van der Waals surface area contributed by atoms with Crippen LogP contribution in [0.1, 0.15) is 11.1 Å². The van der Waals surface area contributed by atoms with Gasteiger partial charge in [0.15, 0.2) is 0 Å². The quantitative estimate of drug-likeness (QED) is 0.701. The number of para-hydroxylation sites is 1. The van der Waals surface area contributed by atoms with E-state index in [2.05, 4.69) is 5.32 Å². The molecule has 0 aliphatic rings. The number of hydrogen-bond acceptors (Lipinski definition) is 1. The largest absolute Gasteiger partial charge is 0.418 e. The zero-order valence-electron chi connectivity index (χ0n) is 10.4. The molecular formula is C14H9Cl2F4N. The lowest BCUT2D eigenvalue weighted by molar-refractivity contribution is -0.136. The van der Waals surface area contributed by atoms with E-state index in [1.165, 1.54) is 24.3 Å². The zero-order valence-corrected chi connectivity index (χ0v) is 12.0. The van der Waals surface area contributed by atoms with Gasteiger partial charge in [-0.2, -0.15) is 13.2 Å². The smallest absolute Gasteiger partial charge is 0.379 e. The molecule has 2 rings (SSSR count). The average Bonchev–Trinajstić information content (AvgIpc) is 2.34. The van der Waals surface area contributed by atoms with Gasteiger partial charge in [-0.05, 0) is 35.9 Å². The third-order valence-corrected chi connectivity index (χ3v) is 3.24. The molecule has 21 heavy (non-hydrogen) atoms. The minimum atomic E-state index is -4.53. The summed E-state index contributed by atoms with van der Waals surface area (Å²) in [5.74, 6) is -0.561. The van der Waals surface area contributed by atoms with Crippen molar-refractivity contribution < 1.29 is 17.6 Å². The second-order valence-corrected chi connectivity index (χ2v) is 5.14. The molecule has 0 bridgehead atoms. The Morgan fingerprint density at radius 3 is 2.38 bits per heavy atom. The highest BCUT2D eigenvalue weighted by Crippen LogP contribution is 2.38. The Hall–Kier alpha value is -1.46. The molecule has 2 aromatic carbocycles. The monoisotopic (exact) mass is 337 g/mol. The van der Waals surface area contributed by atoms with Gasteiger partial charge in [-0.15, -0.1) is 0 Å². The van der Waals surface area contributed by atoms with Gasteiger partial charge in [-0.3, -0.25) is 0 Å². The lowest BCUT2D eigenvalue weighted by Crippen LogP contribution is -2.11. The molecule has 1 N–H and O–H groups in total. The van der Waals surface area contributed by atoms with Gasteiger partial charge in [0.05, 0.1) is 16.3 Å². The first kappa shape index (κ1) is 15.9. The van der Waals surface area contributed by atoms with E-state index in [4.69, 9.17) is 23.2 Å². The summed E-state index contributed by atoms with van der Waals surface area (Å²) < 4.78 is 51.9. The summed E-state index contributed by atoms with van der Waals surface area (Å²) in [6, 6.07) is 7.24. The van der Waals surface area contributed by atoms with Crippen LogP contribution in [0.2, 0.25) is 10.0 Å². The van der Waals surface area contributed by atoms with Crippen molar-refractivity contribution in [3.05, 3.63) is 63.4 Å². The third kappa shape index (κ3) is 4.02. The lowest BCUT2D eigenvalue weighted by Gasteiger charge is -2.16. The van der Waals surface area contributed by atoms with Crippen molar-refractivity contribution in [2.45, 2.75) is 12.7 Å². The highest BCUT2D eigenvalue weighted by molar-refractivity contribution is 6.33. The lowest BCUT2D eigenvalue weighted by atomic mass is 10.1. The predicted molar refractivity (Wildman–Crippen MR) is 75.2 cm³/mol. The van der Waals surface area contributed by atoms with Crippen LogP contribution in [0.5, 0.6) is 0 Å². The fraction of sp³-hybridized carbons (Fsp3) is 0.143. The van der Waals surface area contributed by atoms with E-state index in [0.29, 0.717) is 5.56 Å². The van der Waals surface area contributed by atoms with Crippen molar-refractivity contribution in [2.24, 2.45) is 0 Å². The first-order valence-corrected chi connectivity index (χ1v) is 6.57. The van der Waals surface area contributed by atoms with Crippen molar-refractivity contribution in [3.63, 3.8) is 0 Å². The van der Waals surface area contributed by atoms with Gasteiger partial charge in [-0.1, -0.05) is 29.3 Å². The standard InChI is InChI=1S/C14H9Cl2F4N/c15-9-4-8(5-10(17)6-9)7-21-13-11(14(18,19)20)2-1-3-12(13)16/h1-6,21H,7H2. The normalized spacial score (nSPS) is 11.5. The van der Waals surface area contributed by atoms with Crippen LogP contribution >= 0.6 is 23.2 Å². The van der Waals surface area contributed by atoms with Gasteiger partial charge >= 0.3 is 6.18 Å². The summed E-state index contributed by atoms with van der Waals surface area (Å²) in [6.07, 6.45) is -4.53. The first-order chi connectivity index (χ1) is 9.77. The van der Waals surface area contributed by atoms with E-state index in [1.807, 2.05) is 0 Å². The van der Waals surface area contributed by atoms with E-state index in [9.17, 15) is 17.6 Å². The van der Waals surface area contributed by atoms with Crippen molar-refractivity contribution in [2.75, 3.05) is 5.32 Å². The van der Waals surface area contributed by atoms with Crippen LogP contribution in [-0.4, -0.2) is 0 Å². The highest BCUT2D eigenvalue weighted by Gasteiger charge is 2.34. The van der Waals surface area contributed by atoms with E-state index in [-0.39, 0.29) is 22.3 Å². The minimum Gasteiger partial charge on any atom is -0.379 e. The maximum atomic E-state index is 13.2. The number of alkyl halides is 3. The Bertz CT molecular complexity index is 636. The van der Waals surface area contributed by atoms with Gasteiger partial charge in [-0.25, -0.2) is 4.39 Å². The third-order valence-electron chi connectivity index (χ3n) is 2.71. The Kier molecular flexibility index (Phi) is 4.64. The van der Waals surface area contributed by atoms with Crippen LogP contribution < -0.4 is 5.32 Å². The minimum absolute atomic E-state index is 0.0374. The van der Waals surface area contributed by atoms with Gasteiger partial charge in [0, 0.05) is 11.6 Å². The number of nitrogens with one attached hydrogen (secondary N) is 1. The zero-order chi connectivity index (χ0) is 15.6. The summed E-state index contributed by atoms with van der Waals surface area (Å²) in [4.78, 5) is 0. The summed E-state index contributed by atoms with van der Waals surface area (Å²) >= 11 is 11.5. The highest BCUT2D eigenvalue weighted by atomic mass is 35.5. The molecule has 0 unspecified atom stereocenters. The maximum Gasteiger partial charge on any atom is 0.418 e. The molecule has 0 saturated carbocycles. The van der Waals surface area contributed by atoms with E-state index in [0.717, 1.165) is 12.1 Å². The SMILES string of the molecule is Fc1cc(Cl)cc(CNc2c(Cl)cccc2C(F)(F)F)c1. The fourth-order valence-electron chi connectivity index (χ4n) is 1.84. The van der Waals surface area contributed by atoms with Crippen molar-refractivity contribution >= 4 is 28.9 Å². The molecule has 0 amide bonds. The molecular weight excluding hydrogens is 329 g/mol. The predicted octanol–water partition coefficient (Wildman–Crippen LogP) is 5.76. The molecule has 0 spiro atoms. The maximum absolute atomic E-state index is 13.2. The van der Waals surface area contributed by atoms with Gasteiger partial charge in [0.1, 0.15) is 5.82 Å². The molecule has 0 aliphatic carbocycles. The topological polar surface area (TPSA) is 12.0 Å². The molecule has 0 aromatic heterocycles. The van der Waals surface area contributed by atoms with Crippen molar-refractivity contribution in [1.29, 1.82) is 0 Å². The Labute approximate surface area is 128 Å². The van der Waals surface area contributed by atoms with Crippen LogP contribution in [0.3, 0.4) is 0 Å². The second-order valence-electron chi connectivity index (χ2n) is 4.29. The van der Waals surface area contributed by atoms with Crippen LogP contribution in [0.15, 0.2) is 36.4 Å². The fourth-order valence-corrected chi connectivity index (χ4v) is 2.33. The number of rotatable bonds is 3. The van der Waals surface area contributed by atoms with E-state index >= 15 is 0 Å². The average molecular weight is 338 g/mol. The number of hydrogen-bond donors (Lipinski definition) is 1. The Balaban J connectivity index is 2.28. The first-order valence-electron chi connectivity index (χ1n) is 5.82. The van der Waals surface area contributed by atoms with E-state index < -0.39 is 17.6 Å². The molecule has 0 aliphatic heterocycles. The summed E-state index contributed by atoms with van der Waals surface area (Å²) in [6.45, 7) is -0.0374. The number of halogens is 6. The summed E-state index contributed by atoms with van der Waals surface area (Å²) in [7, 11) is 0. The molecule has 112 valence electrons. The van der Waals surface area contributed by atoms with Gasteiger partial charge in [0.25, 0.3) is 0 Å². The van der Waals surface area contributed by atoms with Crippen LogP contribution in [0.4, 0.5) is 23.2 Å². The van der Waals surface area contributed by atoms with Crippen molar-refractivity contribution in [3.8, 4) is 0 Å². The van der Waals surface area contributed by atoms with E-state index in [1.54, 1.807) is 0 Å². The van der Waals surface area contributed by atoms with Gasteiger partial charge < -0.3 is 5.32 Å². The number of anilines is 1. The molecule has 7 heteroatoms. The second kappa shape index (κ2) is 6.12. The molecule has 0 saturated heterocycles. The van der Waals surface area contributed by atoms with Crippen LogP contribution in [-0.2, 0) is 12.7 Å². The molecule has 1 nitrogen and oxygen atoms in total. The molecule has 0 atom stereocenters. The van der Waals surface area contributed by atoms with Crippen molar-refractivity contribution in [1.82, 2.24) is 0 Å². The molecule has 0 radical (unpaired) electrons. The summed E-state index contributed by atoms with van der Waals surface area (Å²) in [5, 5.41) is 2.69. The molecule has 0 fully saturated rings. The van der Waals surface area contributed by atoms with Crippen LogP contribution in [0.25, 0.3) is 0 Å². The Morgan fingerprint density at radius 2 is 1.76 bits per heavy atom.